The highest BCUT2D eigenvalue weighted by molar-refractivity contribution is 5.97. The zero-order chi connectivity index (χ0) is 20.1. The molecule has 2 amide bonds. The number of nitrogens with zero attached hydrogens (tertiary/aromatic N) is 1. The van der Waals surface area contributed by atoms with Crippen molar-refractivity contribution in [2.75, 3.05) is 6.61 Å². The predicted molar refractivity (Wildman–Crippen MR) is 98.8 cm³/mol. The number of ether oxygens (including phenoxy) is 1. The van der Waals surface area contributed by atoms with Crippen molar-refractivity contribution in [1.82, 2.24) is 15.8 Å². The number of benzene rings is 2. The van der Waals surface area contributed by atoms with Crippen LogP contribution in [0.4, 0.5) is 4.39 Å². The second-order valence-electron chi connectivity index (χ2n) is 5.90. The van der Waals surface area contributed by atoms with E-state index in [1.165, 1.54) is 24.3 Å². The summed E-state index contributed by atoms with van der Waals surface area (Å²) in [7, 11) is 0. The van der Waals surface area contributed by atoms with Gasteiger partial charge in [0.2, 0.25) is 0 Å². The number of carbonyl (C=O) groups is 3. The lowest BCUT2D eigenvalue weighted by molar-refractivity contribution is -0.125. The van der Waals surface area contributed by atoms with Gasteiger partial charge in [0.1, 0.15) is 5.82 Å². The van der Waals surface area contributed by atoms with Gasteiger partial charge >= 0.3 is 5.97 Å². The number of hydrogen-bond donors (Lipinski definition) is 2. The molecular weight excluding hydrogens is 365 g/mol. The van der Waals surface area contributed by atoms with Gasteiger partial charge in [-0.1, -0.05) is 18.2 Å². The number of carbonyl (C=O) groups excluding carboxylic acids is 3. The Morgan fingerprint density at radius 3 is 2.54 bits per heavy atom. The van der Waals surface area contributed by atoms with Crippen molar-refractivity contribution in [2.24, 2.45) is 0 Å². The highest BCUT2D eigenvalue weighted by atomic mass is 19.1. The van der Waals surface area contributed by atoms with E-state index >= 15 is 0 Å². The van der Waals surface area contributed by atoms with Crippen molar-refractivity contribution < 1.29 is 23.5 Å². The average molecular weight is 381 g/mol. The van der Waals surface area contributed by atoms with Gasteiger partial charge in [-0.05, 0) is 37.3 Å². The zero-order valence-corrected chi connectivity index (χ0v) is 14.9. The topological polar surface area (TPSA) is 97.4 Å². The summed E-state index contributed by atoms with van der Waals surface area (Å²) in [6, 6.07) is 13.9. The third-order valence-corrected chi connectivity index (χ3v) is 3.88. The minimum atomic E-state index is -0.749. The Kier molecular flexibility index (Phi) is 5.59. The van der Waals surface area contributed by atoms with Gasteiger partial charge in [-0.15, -0.1) is 0 Å². The number of aryl methyl sites for hydroxylation is 1. The molecule has 1 heterocycles. The maximum absolute atomic E-state index is 13.3. The molecule has 0 saturated heterocycles. The van der Waals surface area contributed by atoms with E-state index < -0.39 is 30.2 Å². The molecule has 142 valence electrons. The first kappa shape index (κ1) is 19.0. The summed E-state index contributed by atoms with van der Waals surface area (Å²) in [5.41, 5.74) is 5.69. The van der Waals surface area contributed by atoms with E-state index in [4.69, 9.17) is 4.74 Å². The number of hydrogen-bond acceptors (Lipinski definition) is 5. The monoisotopic (exact) mass is 381 g/mol. The van der Waals surface area contributed by atoms with E-state index in [-0.39, 0.29) is 5.56 Å². The highest BCUT2D eigenvalue weighted by Crippen LogP contribution is 2.18. The van der Waals surface area contributed by atoms with Gasteiger partial charge in [-0.25, -0.2) is 9.18 Å². The van der Waals surface area contributed by atoms with Crippen LogP contribution in [0.1, 0.15) is 26.4 Å². The Morgan fingerprint density at radius 2 is 1.79 bits per heavy atom. The van der Waals surface area contributed by atoms with Crippen molar-refractivity contribution in [3.05, 3.63) is 77.2 Å². The second kappa shape index (κ2) is 8.26. The fourth-order valence-electron chi connectivity index (χ4n) is 2.48. The van der Waals surface area contributed by atoms with Crippen molar-refractivity contribution in [2.45, 2.75) is 6.92 Å². The minimum absolute atomic E-state index is 0.167. The van der Waals surface area contributed by atoms with E-state index in [1.54, 1.807) is 37.3 Å². The number of aromatic nitrogens is 1. The molecule has 1 aromatic heterocycles. The van der Waals surface area contributed by atoms with E-state index in [0.717, 1.165) is 0 Å². The number of nitrogens with one attached hydrogen (secondary N) is 2. The second-order valence-corrected chi connectivity index (χ2v) is 5.90. The summed E-state index contributed by atoms with van der Waals surface area (Å²) in [4.78, 5) is 40.0. The lowest BCUT2D eigenvalue weighted by atomic mass is 10.1. The number of amides is 2. The van der Waals surface area contributed by atoms with Gasteiger partial charge in [0.15, 0.2) is 6.61 Å². The maximum Gasteiger partial charge on any atom is 0.340 e. The van der Waals surface area contributed by atoms with Crippen LogP contribution in [-0.2, 0) is 9.53 Å². The van der Waals surface area contributed by atoms with E-state index in [1.807, 2.05) is 0 Å². The normalized spacial score (nSPS) is 10.4. The van der Waals surface area contributed by atoms with E-state index in [2.05, 4.69) is 15.8 Å². The van der Waals surface area contributed by atoms with Crippen molar-refractivity contribution in [3.8, 4) is 0 Å². The summed E-state index contributed by atoms with van der Waals surface area (Å²) < 4.78 is 18.2. The molecular formula is C20H16FN3O4. The van der Waals surface area contributed by atoms with Gasteiger partial charge in [0.05, 0.1) is 16.8 Å². The summed E-state index contributed by atoms with van der Waals surface area (Å²) in [6.07, 6.45) is 0. The first-order chi connectivity index (χ1) is 13.4. The molecule has 3 rings (SSSR count). The first-order valence-electron chi connectivity index (χ1n) is 8.32. The van der Waals surface area contributed by atoms with Crippen LogP contribution >= 0.6 is 0 Å². The number of fused-ring (bicyclic) bond motifs is 1. The number of hydrazine groups is 1. The molecule has 8 heteroatoms. The van der Waals surface area contributed by atoms with Crippen LogP contribution in [-0.4, -0.2) is 29.4 Å². The van der Waals surface area contributed by atoms with Crippen LogP contribution in [0, 0.1) is 12.7 Å². The molecule has 0 saturated carbocycles. The van der Waals surface area contributed by atoms with Crippen LogP contribution < -0.4 is 10.9 Å². The largest absolute Gasteiger partial charge is 0.452 e. The maximum atomic E-state index is 13.3. The van der Waals surface area contributed by atoms with Crippen molar-refractivity contribution in [1.29, 1.82) is 0 Å². The van der Waals surface area contributed by atoms with Crippen LogP contribution in [0.25, 0.3) is 10.9 Å². The summed E-state index contributed by atoms with van der Waals surface area (Å²) in [5, 5.41) is 0.568. The summed E-state index contributed by atoms with van der Waals surface area (Å²) >= 11 is 0. The zero-order valence-electron chi connectivity index (χ0n) is 14.9. The number of rotatable bonds is 4. The molecule has 3 aromatic rings. The molecule has 2 aromatic carbocycles. The lowest BCUT2D eigenvalue weighted by Gasteiger charge is -2.10. The van der Waals surface area contributed by atoms with Crippen molar-refractivity contribution in [3.63, 3.8) is 0 Å². The Bertz CT molecular complexity index is 1050. The molecule has 0 unspecified atom stereocenters. The van der Waals surface area contributed by atoms with Crippen LogP contribution in [0.15, 0.2) is 54.6 Å². The Hall–Kier alpha value is -3.81. The molecule has 28 heavy (non-hydrogen) atoms. The third kappa shape index (κ3) is 4.47. The molecule has 0 spiro atoms. The van der Waals surface area contributed by atoms with Gasteiger partial charge in [0.25, 0.3) is 11.8 Å². The molecule has 0 aliphatic rings. The SMILES string of the molecule is Cc1nc2cc(F)ccc2cc1C(=O)OCC(=O)NNC(=O)c1ccccc1. The molecule has 0 bridgehead atoms. The Morgan fingerprint density at radius 1 is 1.04 bits per heavy atom. The fraction of sp³-hybridized carbons (Fsp3) is 0.100. The van der Waals surface area contributed by atoms with Gasteiger partial charge in [-0.2, -0.15) is 0 Å². The molecule has 0 aliphatic heterocycles. The first-order valence-corrected chi connectivity index (χ1v) is 8.32. The quantitative estimate of drug-likeness (QED) is 0.534. The number of esters is 1. The third-order valence-electron chi connectivity index (χ3n) is 3.88. The standard InChI is InChI=1S/C20H16FN3O4/c1-12-16(9-14-7-8-15(21)10-17(14)22-12)20(27)28-11-18(25)23-24-19(26)13-5-3-2-4-6-13/h2-10H,11H2,1H3,(H,23,25)(H,24,26). The Balaban J connectivity index is 1.57. The fourth-order valence-corrected chi connectivity index (χ4v) is 2.48. The molecule has 0 radical (unpaired) electrons. The smallest absolute Gasteiger partial charge is 0.340 e. The van der Waals surface area contributed by atoms with Crippen LogP contribution in [0.3, 0.4) is 0 Å². The molecule has 0 aliphatic carbocycles. The molecule has 0 fully saturated rings. The highest BCUT2D eigenvalue weighted by Gasteiger charge is 2.15. The molecule has 0 atom stereocenters. The van der Waals surface area contributed by atoms with Crippen LogP contribution in [0.5, 0.6) is 0 Å². The minimum Gasteiger partial charge on any atom is -0.452 e. The Labute approximate surface area is 159 Å². The predicted octanol–water partition coefficient (Wildman–Crippen LogP) is 2.30. The van der Waals surface area contributed by atoms with Gasteiger partial charge < -0.3 is 4.74 Å². The number of halogens is 1. The summed E-state index contributed by atoms with van der Waals surface area (Å²) in [5.74, 6) is -2.38. The van der Waals surface area contributed by atoms with E-state index in [0.29, 0.717) is 22.2 Å². The average Bonchev–Trinajstić information content (AvgIpc) is 2.70. The van der Waals surface area contributed by atoms with Gasteiger partial charge in [0, 0.05) is 17.0 Å². The van der Waals surface area contributed by atoms with Crippen LogP contribution in [0.2, 0.25) is 0 Å². The van der Waals surface area contributed by atoms with E-state index in [9.17, 15) is 18.8 Å². The van der Waals surface area contributed by atoms with Crippen molar-refractivity contribution >= 4 is 28.7 Å². The summed E-state index contributed by atoms with van der Waals surface area (Å²) in [6.45, 7) is 0.996. The number of pyridine rings is 1. The molecule has 7 nitrogen and oxygen atoms in total. The molecule has 2 N–H and O–H groups in total. The van der Waals surface area contributed by atoms with Gasteiger partial charge in [-0.3, -0.25) is 25.4 Å². The lowest BCUT2D eigenvalue weighted by Crippen LogP contribution is -2.43.